The highest BCUT2D eigenvalue weighted by Gasteiger charge is 2.15. The number of rotatable bonds is 4. The van der Waals surface area contributed by atoms with E-state index in [-0.39, 0.29) is 0 Å². The molecule has 18 heavy (non-hydrogen) atoms. The predicted molar refractivity (Wildman–Crippen MR) is 75.4 cm³/mol. The van der Waals surface area contributed by atoms with Crippen molar-refractivity contribution in [1.29, 1.82) is 0 Å². The Morgan fingerprint density at radius 3 is 2.61 bits per heavy atom. The third-order valence-corrected chi connectivity index (χ3v) is 3.07. The zero-order valence-corrected chi connectivity index (χ0v) is 11.2. The average Bonchev–Trinajstić information content (AvgIpc) is 2.74. The minimum atomic E-state index is 0.366. The Hall–Kier alpha value is -1.97. The van der Waals surface area contributed by atoms with Gasteiger partial charge in [-0.2, -0.15) is 0 Å². The second kappa shape index (κ2) is 5.12. The molecule has 96 valence electrons. The molecule has 0 aliphatic heterocycles. The Balaban J connectivity index is 2.28. The lowest BCUT2D eigenvalue weighted by Crippen LogP contribution is -2.32. The normalized spacial score (nSPS) is 10.9. The van der Waals surface area contributed by atoms with Gasteiger partial charge in [-0.15, -0.1) is 0 Å². The summed E-state index contributed by atoms with van der Waals surface area (Å²) in [6.45, 7) is 5.09. The lowest BCUT2D eigenvalue weighted by atomic mass is 10.1. The molecule has 2 rings (SSSR count). The van der Waals surface area contributed by atoms with Gasteiger partial charge in [-0.3, -0.25) is 0 Å². The molecule has 1 aromatic heterocycles. The van der Waals surface area contributed by atoms with E-state index in [2.05, 4.69) is 29.8 Å². The molecular formula is C14H20N4. The molecule has 0 saturated carbocycles. The first kappa shape index (κ1) is 12.5. The van der Waals surface area contributed by atoms with Crippen LogP contribution in [0.2, 0.25) is 0 Å². The maximum Gasteiger partial charge on any atom is 0.205 e. The highest BCUT2D eigenvalue weighted by molar-refractivity contribution is 5.49. The van der Waals surface area contributed by atoms with Crippen LogP contribution >= 0.6 is 0 Å². The van der Waals surface area contributed by atoms with Crippen LogP contribution in [0.1, 0.15) is 19.4 Å². The van der Waals surface area contributed by atoms with Crippen LogP contribution in [0.4, 0.5) is 11.6 Å². The van der Waals surface area contributed by atoms with Crippen molar-refractivity contribution in [2.75, 3.05) is 10.6 Å². The zero-order valence-electron chi connectivity index (χ0n) is 11.2. The van der Waals surface area contributed by atoms with Gasteiger partial charge in [0.25, 0.3) is 0 Å². The number of hydrogen-bond donors (Lipinski definition) is 1. The zero-order chi connectivity index (χ0) is 13.1. The minimum absolute atomic E-state index is 0.366. The first-order valence-corrected chi connectivity index (χ1v) is 6.17. The lowest BCUT2D eigenvalue weighted by Gasteiger charge is -2.28. The van der Waals surface area contributed by atoms with Crippen molar-refractivity contribution in [3.05, 3.63) is 42.2 Å². The molecule has 0 aliphatic carbocycles. The summed E-state index contributed by atoms with van der Waals surface area (Å²) in [5.74, 6) is 0.966. The van der Waals surface area contributed by atoms with E-state index in [1.165, 1.54) is 0 Å². The van der Waals surface area contributed by atoms with Gasteiger partial charge in [0.1, 0.15) is 0 Å². The third kappa shape index (κ3) is 2.47. The van der Waals surface area contributed by atoms with Crippen molar-refractivity contribution in [1.82, 2.24) is 9.55 Å². The quantitative estimate of drug-likeness (QED) is 0.840. The molecular weight excluding hydrogens is 224 g/mol. The Morgan fingerprint density at radius 1 is 1.33 bits per heavy atom. The van der Waals surface area contributed by atoms with Gasteiger partial charge in [0.2, 0.25) is 5.95 Å². The van der Waals surface area contributed by atoms with Gasteiger partial charge < -0.3 is 15.2 Å². The van der Waals surface area contributed by atoms with Gasteiger partial charge in [-0.05, 0) is 25.5 Å². The summed E-state index contributed by atoms with van der Waals surface area (Å²) in [4.78, 5) is 6.65. The Labute approximate surface area is 108 Å². The second-order valence-corrected chi connectivity index (χ2v) is 4.76. The van der Waals surface area contributed by atoms with Crippen LogP contribution in [0, 0.1) is 0 Å². The van der Waals surface area contributed by atoms with Crippen molar-refractivity contribution < 1.29 is 0 Å². The van der Waals surface area contributed by atoms with Crippen LogP contribution in [0.25, 0.3) is 0 Å². The van der Waals surface area contributed by atoms with Crippen LogP contribution in [0.15, 0.2) is 36.7 Å². The van der Waals surface area contributed by atoms with Gasteiger partial charge in [-0.25, -0.2) is 4.98 Å². The van der Waals surface area contributed by atoms with Crippen molar-refractivity contribution in [2.24, 2.45) is 7.05 Å². The maximum atomic E-state index is 6.01. The maximum absolute atomic E-state index is 6.01. The van der Waals surface area contributed by atoms with E-state index in [0.29, 0.717) is 6.04 Å². The SMILES string of the molecule is CC(C)N(Cc1ccccc1N)c1nccn1C. The lowest BCUT2D eigenvalue weighted by molar-refractivity contribution is 0.645. The number of hydrogen-bond acceptors (Lipinski definition) is 3. The molecule has 4 heteroatoms. The number of nitrogens with zero attached hydrogens (tertiary/aromatic N) is 3. The van der Waals surface area contributed by atoms with Crippen LogP contribution in [0.5, 0.6) is 0 Å². The molecule has 4 nitrogen and oxygen atoms in total. The molecule has 0 aliphatic rings. The fraction of sp³-hybridized carbons (Fsp3) is 0.357. The third-order valence-electron chi connectivity index (χ3n) is 3.07. The summed E-state index contributed by atoms with van der Waals surface area (Å²) in [7, 11) is 2.01. The predicted octanol–water partition coefficient (Wildman–Crippen LogP) is 2.42. The van der Waals surface area contributed by atoms with Crippen LogP contribution < -0.4 is 10.6 Å². The van der Waals surface area contributed by atoms with Crippen molar-refractivity contribution in [2.45, 2.75) is 26.4 Å². The molecule has 1 heterocycles. The van der Waals surface area contributed by atoms with E-state index >= 15 is 0 Å². The Bertz CT molecular complexity index is 516. The first-order chi connectivity index (χ1) is 8.59. The number of nitrogens with two attached hydrogens (primary N) is 1. The number of imidazole rings is 1. The van der Waals surface area contributed by atoms with E-state index in [0.717, 1.165) is 23.7 Å². The minimum Gasteiger partial charge on any atom is -0.398 e. The van der Waals surface area contributed by atoms with E-state index in [1.807, 2.05) is 42.2 Å². The molecule has 0 radical (unpaired) electrons. The second-order valence-electron chi connectivity index (χ2n) is 4.76. The number of anilines is 2. The molecule has 0 amide bonds. The molecule has 0 atom stereocenters. The summed E-state index contributed by atoms with van der Waals surface area (Å²) in [5, 5.41) is 0. The fourth-order valence-corrected chi connectivity index (χ4v) is 1.98. The molecule has 0 unspecified atom stereocenters. The highest BCUT2D eigenvalue weighted by atomic mass is 15.3. The largest absolute Gasteiger partial charge is 0.398 e. The summed E-state index contributed by atoms with van der Waals surface area (Å²) in [6, 6.07) is 8.34. The van der Waals surface area contributed by atoms with Gasteiger partial charge >= 0.3 is 0 Å². The van der Waals surface area contributed by atoms with Crippen LogP contribution in [0.3, 0.4) is 0 Å². The van der Waals surface area contributed by atoms with Crippen molar-refractivity contribution in [3.63, 3.8) is 0 Å². The van der Waals surface area contributed by atoms with Crippen molar-refractivity contribution >= 4 is 11.6 Å². The van der Waals surface area contributed by atoms with Gasteiger partial charge in [0, 0.05) is 37.7 Å². The molecule has 0 saturated heterocycles. The number of aryl methyl sites for hydroxylation is 1. The van der Waals surface area contributed by atoms with Gasteiger partial charge in [0.05, 0.1) is 0 Å². The van der Waals surface area contributed by atoms with E-state index in [4.69, 9.17) is 5.73 Å². The number of aromatic nitrogens is 2. The van der Waals surface area contributed by atoms with E-state index in [1.54, 1.807) is 0 Å². The number of nitrogen functional groups attached to an aromatic ring is 1. The van der Waals surface area contributed by atoms with Crippen molar-refractivity contribution in [3.8, 4) is 0 Å². The van der Waals surface area contributed by atoms with E-state index in [9.17, 15) is 0 Å². The topological polar surface area (TPSA) is 47.1 Å². The van der Waals surface area contributed by atoms with Gasteiger partial charge in [0.15, 0.2) is 0 Å². The molecule has 0 bridgehead atoms. The first-order valence-electron chi connectivity index (χ1n) is 6.17. The molecule has 0 fully saturated rings. The Kier molecular flexibility index (Phi) is 3.55. The monoisotopic (exact) mass is 244 g/mol. The number of para-hydroxylation sites is 1. The van der Waals surface area contributed by atoms with Gasteiger partial charge in [-0.1, -0.05) is 18.2 Å². The van der Waals surface area contributed by atoms with E-state index < -0.39 is 0 Å². The summed E-state index contributed by atoms with van der Waals surface area (Å²) < 4.78 is 2.03. The Morgan fingerprint density at radius 2 is 2.06 bits per heavy atom. The standard InChI is InChI=1S/C14H20N4/c1-11(2)18(14-16-8-9-17(14)3)10-12-6-4-5-7-13(12)15/h4-9,11H,10,15H2,1-3H3. The summed E-state index contributed by atoms with van der Waals surface area (Å²) in [6.07, 6.45) is 3.78. The summed E-state index contributed by atoms with van der Waals surface area (Å²) in [5.41, 5.74) is 7.97. The molecule has 2 aromatic rings. The highest BCUT2D eigenvalue weighted by Crippen LogP contribution is 2.20. The molecule has 0 spiro atoms. The molecule has 2 N–H and O–H groups in total. The van der Waals surface area contributed by atoms with Crippen LogP contribution in [-0.4, -0.2) is 15.6 Å². The van der Waals surface area contributed by atoms with Crippen LogP contribution in [-0.2, 0) is 13.6 Å². The number of benzene rings is 1. The average molecular weight is 244 g/mol. The summed E-state index contributed by atoms with van der Waals surface area (Å²) >= 11 is 0. The molecule has 1 aromatic carbocycles. The fourth-order valence-electron chi connectivity index (χ4n) is 1.98. The smallest absolute Gasteiger partial charge is 0.205 e.